The van der Waals surface area contributed by atoms with Crippen molar-refractivity contribution in [1.29, 1.82) is 0 Å². The van der Waals surface area contributed by atoms with E-state index in [4.69, 9.17) is 5.73 Å². The molecule has 2 aliphatic rings. The van der Waals surface area contributed by atoms with Gasteiger partial charge in [0.25, 0.3) is 6.43 Å². The second-order valence-corrected chi connectivity index (χ2v) is 9.22. The van der Waals surface area contributed by atoms with Crippen LogP contribution < -0.4 is 11.1 Å². The molecule has 9 heteroatoms. The van der Waals surface area contributed by atoms with Gasteiger partial charge in [-0.25, -0.2) is 23.1 Å². The number of nitrogen functional groups attached to an aromatic ring is 1. The van der Waals surface area contributed by atoms with E-state index >= 15 is 0 Å². The Morgan fingerprint density at radius 1 is 1.30 bits per heavy atom. The van der Waals surface area contributed by atoms with Crippen molar-refractivity contribution in [2.24, 2.45) is 11.8 Å². The summed E-state index contributed by atoms with van der Waals surface area (Å²) in [6.45, 7) is 3.40. The molecule has 2 aromatic heterocycles. The lowest BCUT2D eigenvalue weighted by Crippen LogP contribution is -2.27. The first-order valence-corrected chi connectivity index (χ1v) is 11.5. The van der Waals surface area contributed by atoms with Crippen molar-refractivity contribution in [3.63, 3.8) is 0 Å². The number of aliphatic hydroxyl groups excluding tert-OH is 1. The Morgan fingerprint density at radius 2 is 2.12 bits per heavy atom. The Kier molecular flexibility index (Phi) is 5.78. The number of nitrogens with two attached hydrogens (primary N) is 1. The van der Waals surface area contributed by atoms with Crippen molar-refractivity contribution in [3.8, 4) is 0 Å². The fraction of sp³-hybridized carbons (Fsp3) is 0.500. The Labute approximate surface area is 190 Å². The Morgan fingerprint density at radius 3 is 2.88 bits per heavy atom. The lowest BCUT2D eigenvalue weighted by molar-refractivity contribution is 0.0820. The fourth-order valence-electron chi connectivity index (χ4n) is 5.86. The molecule has 3 heterocycles. The number of fused-ring (bicyclic) bond motifs is 2. The molecule has 5 rings (SSSR count). The number of hydrogen-bond acceptors (Lipinski definition) is 5. The maximum absolute atomic E-state index is 14.7. The summed E-state index contributed by atoms with van der Waals surface area (Å²) >= 11 is 0. The van der Waals surface area contributed by atoms with Crippen LogP contribution in [0.5, 0.6) is 0 Å². The topological polar surface area (TPSA) is 89.0 Å². The van der Waals surface area contributed by atoms with Gasteiger partial charge in [0.05, 0.1) is 11.5 Å². The number of halogens is 3. The summed E-state index contributed by atoms with van der Waals surface area (Å²) in [4.78, 5) is 8.15. The number of aliphatic hydroxyl groups is 1. The molecule has 0 saturated heterocycles. The third kappa shape index (κ3) is 3.77. The third-order valence-corrected chi connectivity index (χ3v) is 7.45. The number of alkyl halides is 2. The number of anilines is 1. The van der Waals surface area contributed by atoms with Crippen molar-refractivity contribution in [1.82, 2.24) is 19.9 Å². The van der Waals surface area contributed by atoms with Crippen LogP contribution in [-0.4, -0.2) is 32.3 Å². The molecule has 1 aliphatic carbocycles. The minimum atomic E-state index is -2.53. The maximum Gasteiger partial charge on any atom is 0.263 e. The fourth-order valence-corrected chi connectivity index (χ4v) is 5.86. The number of hydrogen-bond donors (Lipinski definition) is 3. The molecule has 33 heavy (non-hydrogen) atoms. The number of nitrogens with zero attached hydrogens (tertiary/aromatic N) is 3. The van der Waals surface area contributed by atoms with Gasteiger partial charge in [-0.05, 0) is 67.0 Å². The molecule has 0 bridgehead atoms. The summed E-state index contributed by atoms with van der Waals surface area (Å²) in [6, 6.07) is 3.03. The molecule has 1 aromatic carbocycles. The zero-order valence-corrected chi connectivity index (χ0v) is 18.4. The average molecular weight is 460 g/mol. The molecular formula is C24H28F3N5O. The van der Waals surface area contributed by atoms with Crippen LogP contribution in [0, 0.1) is 17.7 Å². The quantitative estimate of drug-likeness (QED) is 0.538. The van der Waals surface area contributed by atoms with Crippen molar-refractivity contribution in [2.75, 3.05) is 12.3 Å². The van der Waals surface area contributed by atoms with Crippen molar-refractivity contribution < 1.29 is 18.3 Å². The molecule has 1 unspecified atom stereocenters. The summed E-state index contributed by atoms with van der Waals surface area (Å²) in [5.74, 6) is -0.657. The van der Waals surface area contributed by atoms with Crippen LogP contribution in [0.25, 0.3) is 11.0 Å². The van der Waals surface area contributed by atoms with Crippen LogP contribution in [0.2, 0.25) is 0 Å². The van der Waals surface area contributed by atoms with Crippen LogP contribution in [0.4, 0.5) is 19.0 Å². The predicted octanol–water partition coefficient (Wildman–Crippen LogP) is 3.93. The summed E-state index contributed by atoms with van der Waals surface area (Å²) in [5, 5.41) is 14.7. The van der Waals surface area contributed by atoms with E-state index in [0.717, 1.165) is 23.2 Å². The number of aromatic nitrogens is 3. The van der Waals surface area contributed by atoms with Gasteiger partial charge in [-0.3, -0.25) is 0 Å². The third-order valence-electron chi connectivity index (χ3n) is 7.45. The monoisotopic (exact) mass is 459 g/mol. The molecule has 4 atom stereocenters. The molecule has 0 amide bonds. The van der Waals surface area contributed by atoms with E-state index in [1.807, 2.05) is 6.92 Å². The summed E-state index contributed by atoms with van der Waals surface area (Å²) in [5.41, 5.74) is 9.21. The molecule has 1 fully saturated rings. The zero-order chi connectivity index (χ0) is 23.3. The van der Waals surface area contributed by atoms with E-state index in [-0.39, 0.29) is 34.6 Å². The Bertz CT molecular complexity index is 1180. The van der Waals surface area contributed by atoms with Gasteiger partial charge < -0.3 is 20.7 Å². The molecule has 6 nitrogen and oxygen atoms in total. The van der Waals surface area contributed by atoms with Crippen LogP contribution in [0.3, 0.4) is 0 Å². The zero-order valence-electron chi connectivity index (χ0n) is 18.4. The first kappa shape index (κ1) is 22.2. The number of rotatable bonds is 5. The van der Waals surface area contributed by atoms with E-state index in [9.17, 15) is 18.3 Å². The highest BCUT2D eigenvalue weighted by atomic mass is 19.3. The van der Waals surface area contributed by atoms with Gasteiger partial charge in [0.1, 0.15) is 17.8 Å². The molecule has 0 radical (unpaired) electrons. The van der Waals surface area contributed by atoms with Gasteiger partial charge in [0.15, 0.2) is 5.82 Å². The van der Waals surface area contributed by atoms with E-state index in [2.05, 4.69) is 15.3 Å². The number of nitrogens with one attached hydrogen (secondary N) is 1. The SMILES string of the molecule is CCC1[C@H](n2cc(F)c3c(N)ncnc32)C[C@H](Cc2cc(C(F)F)cc3c2CNCC3)[C@H]1O. The molecular weight excluding hydrogens is 431 g/mol. The first-order chi connectivity index (χ1) is 15.9. The summed E-state index contributed by atoms with van der Waals surface area (Å²) in [7, 11) is 0. The number of benzene rings is 1. The van der Waals surface area contributed by atoms with Crippen LogP contribution >= 0.6 is 0 Å². The Hall–Kier alpha value is -2.65. The molecule has 3 aromatic rings. The lowest BCUT2D eigenvalue weighted by Gasteiger charge is -2.25. The van der Waals surface area contributed by atoms with Crippen molar-refractivity contribution >= 4 is 16.9 Å². The minimum Gasteiger partial charge on any atom is -0.392 e. The summed E-state index contributed by atoms with van der Waals surface area (Å²) in [6.07, 6.45) is 2.03. The van der Waals surface area contributed by atoms with E-state index in [0.29, 0.717) is 37.9 Å². The van der Waals surface area contributed by atoms with Gasteiger partial charge in [-0.15, -0.1) is 0 Å². The van der Waals surface area contributed by atoms with Gasteiger partial charge in [0.2, 0.25) is 0 Å². The summed E-state index contributed by atoms with van der Waals surface area (Å²) < 4.78 is 43.6. The van der Waals surface area contributed by atoms with Crippen LogP contribution in [0.1, 0.15) is 54.5 Å². The largest absolute Gasteiger partial charge is 0.392 e. The molecule has 4 N–H and O–H groups in total. The molecule has 1 aliphatic heterocycles. The van der Waals surface area contributed by atoms with Crippen molar-refractivity contribution in [3.05, 3.63) is 52.7 Å². The first-order valence-electron chi connectivity index (χ1n) is 11.5. The smallest absolute Gasteiger partial charge is 0.263 e. The highest BCUT2D eigenvalue weighted by molar-refractivity contribution is 5.86. The van der Waals surface area contributed by atoms with Gasteiger partial charge >= 0.3 is 0 Å². The lowest BCUT2D eigenvalue weighted by atomic mass is 9.86. The Balaban J connectivity index is 1.50. The minimum absolute atomic E-state index is 0.0346. The normalized spacial score (nSPS) is 25.2. The van der Waals surface area contributed by atoms with Gasteiger partial charge in [-0.1, -0.05) is 6.92 Å². The molecule has 176 valence electrons. The van der Waals surface area contributed by atoms with E-state index in [1.165, 1.54) is 12.5 Å². The van der Waals surface area contributed by atoms with Gasteiger partial charge in [-0.2, -0.15) is 0 Å². The maximum atomic E-state index is 14.7. The highest BCUT2D eigenvalue weighted by Gasteiger charge is 2.43. The second-order valence-electron chi connectivity index (χ2n) is 9.22. The van der Waals surface area contributed by atoms with Gasteiger partial charge in [0, 0.05) is 30.3 Å². The van der Waals surface area contributed by atoms with E-state index in [1.54, 1.807) is 16.7 Å². The van der Waals surface area contributed by atoms with E-state index < -0.39 is 18.3 Å². The highest BCUT2D eigenvalue weighted by Crippen LogP contribution is 2.45. The van der Waals surface area contributed by atoms with Crippen LogP contribution in [-0.2, 0) is 19.4 Å². The molecule has 1 saturated carbocycles. The second kappa shape index (κ2) is 8.61. The average Bonchev–Trinajstić information content (AvgIpc) is 3.30. The standard InChI is InChI=1S/C24H28F3N5O/c1-2-16-19(32-10-18(25)20-23(28)30-11-31-24(20)32)8-14(21(16)33)6-13-7-15(22(26)27)5-12-3-4-29-9-17(12)13/h5,7,10-11,14,16,19,21-22,29,33H,2-4,6,8-9H2,1H3,(H2,28,30,31)/t14-,16?,19+,21+/m0/s1. The molecule has 0 spiro atoms. The van der Waals surface area contributed by atoms with Crippen LogP contribution in [0.15, 0.2) is 24.7 Å². The van der Waals surface area contributed by atoms with Crippen molar-refractivity contribution in [2.45, 2.75) is 57.7 Å². The predicted molar refractivity (Wildman–Crippen MR) is 119 cm³/mol.